The Bertz CT molecular complexity index is 1100. The number of nitrogens with one attached hydrogen (secondary N) is 2. The SMILES string of the molecule is CCS(=O)(=O)Nc1ccccc1-c1nc(CNC(=O)c2nonc2C)c(C)o1. The Balaban J connectivity index is 1.81. The lowest BCUT2D eigenvalue weighted by molar-refractivity contribution is 0.0940. The van der Waals surface area contributed by atoms with Crippen molar-refractivity contribution in [2.24, 2.45) is 0 Å². The van der Waals surface area contributed by atoms with Crippen LogP contribution in [0.15, 0.2) is 33.3 Å². The molecule has 0 spiro atoms. The summed E-state index contributed by atoms with van der Waals surface area (Å²) in [6, 6.07) is 6.79. The van der Waals surface area contributed by atoms with Crippen molar-refractivity contribution in [2.45, 2.75) is 27.3 Å². The molecule has 0 radical (unpaired) electrons. The summed E-state index contributed by atoms with van der Waals surface area (Å²) in [6.45, 7) is 4.97. The van der Waals surface area contributed by atoms with E-state index >= 15 is 0 Å². The number of carbonyl (C=O) groups is 1. The molecule has 3 rings (SSSR count). The van der Waals surface area contributed by atoms with Crippen molar-refractivity contribution in [1.29, 1.82) is 0 Å². The molecule has 0 bridgehead atoms. The lowest BCUT2D eigenvalue weighted by Crippen LogP contribution is -2.24. The molecule has 1 amide bonds. The minimum absolute atomic E-state index is 0.0560. The number of carbonyl (C=O) groups excluding carboxylic acids is 1. The van der Waals surface area contributed by atoms with E-state index in [-0.39, 0.29) is 23.9 Å². The van der Waals surface area contributed by atoms with Gasteiger partial charge in [-0.2, -0.15) is 0 Å². The number of para-hydroxylation sites is 1. The molecule has 148 valence electrons. The molecule has 0 fully saturated rings. The van der Waals surface area contributed by atoms with Crippen LogP contribution in [-0.4, -0.2) is 35.4 Å². The van der Waals surface area contributed by atoms with E-state index < -0.39 is 15.9 Å². The van der Waals surface area contributed by atoms with Crippen molar-refractivity contribution in [3.63, 3.8) is 0 Å². The first kappa shape index (κ1) is 19.5. The Kier molecular flexibility index (Phi) is 5.45. The molecular formula is C17H19N5O5S. The largest absolute Gasteiger partial charge is 0.441 e. The quantitative estimate of drug-likeness (QED) is 0.608. The van der Waals surface area contributed by atoms with Crippen LogP contribution < -0.4 is 10.0 Å². The average molecular weight is 405 g/mol. The van der Waals surface area contributed by atoms with Crippen LogP contribution in [0, 0.1) is 13.8 Å². The number of hydrogen-bond donors (Lipinski definition) is 2. The van der Waals surface area contributed by atoms with Crippen molar-refractivity contribution in [3.05, 3.63) is 47.1 Å². The maximum absolute atomic E-state index is 12.1. The van der Waals surface area contributed by atoms with Gasteiger partial charge in [0.25, 0.3) is 5.91 Å². The molecule has 2 N–H and O–H groups in total. The van der Waals surface area contributed by atoms with Gasteiger partial charge in [0.1, 0.15) is 17.1 Å². The highest BCUT2D eigenvalue weighted by atomic mass is 32.2. The third-order valence-corrected chi connectivity index (χ3v) is 5.27. The maximum Gasteiger partial charge on any atom is 0.275 e. The van der Waals surface area contributed by atoms with E-state index in [2.05, 4.69) is 30.0 Å². The molecule has 0 atom stereocenters. The number of anilines is 1. The number of amides is 1. The van der Waals surface area contributed by atoms with Gasteiger partial charge < -0.3 is 9.73 Å². The van der Waals surface area contributed by atoms with Crippen LogP contribution in [0.4, 0.5) is 5.69 Å². The Morgan fingerprint density at radius 2 is 1.93 bits per heavy atom. The fourth-order valence-corrected chi connectivity index (χ4v) is 3.05. The Labute approximate surface area is 161 Å². The molecule has 10 nitrogen and oxygen atoms in total. The number of oxazole rings is 1. The van der Waals surface area contributed by atoms with E-state index in [1.165, 1.54) is 0 Å². The number of hydrogen-bond acceptors (Lipinski definition) is 8. The first-order chi connectivity index (χ1) is 13.3. The zero-order valence-corrected chi connectivity index (χ0v) is 16.3. The van der Waals surface area contributed by atoms with Gasteiger partial charge in [0, 0.05) is 0 Å². The van der Waals surface area contributed by atoms with Crippen LogP contribution in [-0.2, 0) is 16.6 Å². The summed E-state index contributed by atoms with van der Waals surface area (Å²) < 4.78 is 36.6. The molecule has 28 heavy (non-hydrogen) atoms. The van der Waals surface area contributed by atoms with Gasteiger partial charge >= 0.3 is 0 Å². The highest BCUT2D eigenvalue weighted by molar-refractivity contribution is 7.92. The second kappa shape index (κ2) is 7.80. The zero-order valence-electron chi connectivity index (χ0n) is 15.5. The van der Waals surface area contributed by atoms with E-state index in [0.29, 0.717) is 28.4 Å². The number of nitrogens with zero attached hydrogens (tertiary/aromatic N) is 3. The maximum atomic E-state index is 12.1. The van der Waals surface area contributed by atoms with Crippen LogP contribution in [0.3, 0.4) is 0 Å². The van der Waals surface area contributed by atoms with Crippen LogP contribution in [0.1, 0.15) is 34.6 Å². The number of aromatic nitrogens is 3. The molecule has 0 saturated carbocycles. The van der Waals surface area contributed by atoms with Gasteiger partial charge in [0.15, 0.2) is 5.69 Å². The number of sulfonamides is 1. The molecule has 1 aromatic carbocycles. The van der Waals surface area contributed by atoms with Crippen molar-refractivity contribution in [3.8, 4) is 11.5 Å². The molecule has 0 aliphatic carbocycles. The topological polar surface area (TPSA) is 140 Å². The zero-order chi connectivity index (χ0) is 20.3. The molecule has 0 saturated heterocycles. The number of benzene rings is 1. The molecular weight excluding hydrogens is 386 g/mol. The Morgan fingerprint density at radius 1 is 1.18 bits per heavy atom. The van der Waals surface area contributed by atoms with Crippen molar-refractivity contribution < 1.29 is 22.3 Å². The lowest BCUT2D eigenvalue weighted by Gasteiger charge is -2.09. The Morgan fingerprint density at radius 3 is 2.61 bits per heavy atom. The third-order valence-electron chi connectivity index (χ3n) is 3.98. The summed E-state index contributed by atoms with van der Waals surface area (Å²) in [4.78, 5) is 16.5. The van der Waals surface area contributed by atoms with E-state index in [4.69, 9.17) is 4.42 Å². The van der Waals surface area contributed by atoms with E-state index in [1.54, 1.807) is 45.0 Å². The van der Waals surface area contributed by atoms with E-state index in [1.807, 2.05) is 0 Å². The first-order valence-corrected chi connectivity index (χ1v) is 10.1. The molecule has 0 unspecified atom stereocenters. The van der Waals surface area contributed by atoms with Crippen molar-refractivity contribution in [1.82, 2.24) is 20.6 Å². The monoisotopic (exact) mass is 405 g/mol. The number of rotatable bonds is 7. The standard InChI is InChI=1S/C17H19N5O5S/c1-4-28(24,25)22-13-8-6-5-7-12(13)17-19-14(11(3)26-17)9-18-16(23)15-10(2)20-27-21-15/h5-8,22H,4,9H2,1-3H3,(H,18,23). The minimum atomic E-state index is -3.46. The van der Waals surface area contributed by atoms with Gasteiger partial charge in [-0.1, -0.05) is 17.3 Å². The van der Waals surface area contributed by atoms with Crippen LogP contribution in [0.2, 0.25) is 0 Å². The summed E-state index contributed by atoms with van der Waals surface area (Å²) in [5, 5.41) is 9.79. The first-order valence-electron chi connectivity index (χ1n) is 8.44. The van der Waals surface area contributed by atoms with Crippen LogP contribution >= 0.6 is 0 Å². The second-order valence-corrected chi connectivity index (χ2v) is 7.96. The minimum Gasteiger partial charge on any atom is -0.441 e. The summed E-state index contributed by atoms with van der Waals surface area (Å²) >= 11 is 0. The summed E-state index contributed by atoms with van der Waals surface area (Å²) in [5.41, 5.74) is 1.85. The van der Waals surface area contributed by atoms with Crippen molar-refractivity contribution >= 4 is 21.6 Å². The molecule has 3 aromatic rings. The van der Waals surface area contributed by atoms with Crippen LogP contribution in [0.5, 0.6) is 0 Å². The van der Waals surface area contributed by atoms with Gasteiger partial charge in [-0.15, -0.1) is 0 Å². The predicted molar refractivity (Wildman–Crippen MR) is 100.0 cm³/mol. The molecule has 0 aliphatic rings. The Hall–Kier alpha value is -3.21. The summed E-state index contributed by atoms with van der Waals surface area (Å²) in [5.74, 6) is 0.243. The van der Waals surface area contributed by atoms with Gasteiger partial charge in [-0.3, -0.25) is 9.52 Å². The highest BCUT2D eigenvalue weighted by Gasteiger charge is 2.19. The third kappa shape index (κ3) is 4.19. The molecule has 2 heterocycles. The van der Waals surface area contributed by atoms with Gasteiger partial charge in [0.05, 0.1) is 23.5 Å². The van der Waals surface area contributed by atoms with Gasteiger partial charge in [-0.05, 0) is 38.1 Å². The summed E-state index contributed by atoms with van der Waals surface area (Å²) in [6.07, 6.45) is 0. The molecule has 0 aliphatic heterocycles. The van der Waals surface area contributed by atoms with Crippen molar-refractivity contribution in [2.75, 3.05) is 10.5 Å². The highest BCUT2D eigenvalue weighted by Crippen LogP contribution is 2.29. The normalized spacial score (nSPS) is 11.4. The molecule has 2 aromatic heterocycles. The molecule has 11 heteroatoms. The number of aryl methyl sites for hydroxylation is 2. The van der Waals surface area contributed by atoms with Crippen LogP contribution in [0.25, 0.3) is 11.5 Å². The summed E-state index contributed by atoms with van der Waals surface area (Å²) in [7, 11) is -3.46. The van der Waals surface area contributed by atoms with E-state index in [0.717, 1.165) is 0 Å². The van der Waals surface area contributed by atoms with Gasteiger partial charge in [-0.25, -0.2) is 18.0 Å². The average Bonchev–Trinajstić information content (AvgIpc) is 3.25. The van der Waals surface area contributed by atoms with E-state index in [9.17, 15) is 13.2 Å². The van der Waals surface area contributed by atoms with Gasteiger partial charge in [0.2, 0.25) is 15.9 Å². The fraction of sp³-hybridized carbons (Fsp3) is 0.294. The smallest absolute Gasteiger partial charge is 0.275 e. The fourth-order valence-electron chi connectivity index (χ4n) is 2.39. The second-order valence-electron chi connectivity index (χ2n) is 5.95. The predicted octanol–water partition coefficient (Wildman–Crippen LogP) is 2.03. The lowest BCUT2D eigenvalue weighted by atomic mass is 10.2.